The van der Waals surface area contributed by atoms with Crippen LogP contribution >= 0.6 is 0 Å². The van der Waals surface area contributed by atoms with Crippen LogP contribution in [0.15, 0.2) is 42.5 Å². The average Bonchev–Trinajstić information content (AvgIpc) is 2.99. The molecule has 1 aliphatic rings. The summed E-state index contributed by atoms with van der Waals surface area (Å²) in [6.07, 6.45) is 0. The fourth-order valence-electron chi connectivity index (χ4n) is 5.09. The Morgan fingerprint density at radius 2 is 1.73 bits per heavy atom. The molecule has 136 valence electrons. The first kappa shape index (κ1) is 17.6. The maximum Gasteiger partial charge on any atom is 0.133 e. The first-order valence-electron chi connectivity index (χ1n) is 9.58. The van der Waals surface area contributed by atoms with Gasteiger partial charge < -0.3 is 9.55 Å². The molecule has 0 aliphatic heterocycles. The highest BCUT2D eigenvalue weighted by atomic mass is 28.3. The van der Waals surface area contributed by atoms with Gasteiger partial charge in [-0.1, -0.05) is 49.0 Å². The number of benzene rings is 2. The van der Waals surface area contributed by atoms with E-state index in [4.69, 9.17) is 0 Å². The normalized spacial score (nSPS) is 16.8. The van der Waals surface area contributed by atoms with Gasteiger partial charge in [0.15, 0.2) is 0 Å². The Morgan fingerprint density at radius 3 is 2.42 bits per heavy atom. The van der Waals surface area contributed by atoms with Crippen LogP contribution in [0.25, 0.3) is 22.0 Å². The molecule has 1 unspecified atom stereocenters. The van der Waals surface area contributed by atoms with Crippen molar-refractivity contribution in [2.75, 3.05) is 0 Å². The van der Waals surface area contributed by atoms with Gasteiger partial charge in [-0.15, -0.1) is 0 Å². The van der Waals surface area contributed by atoms with Gasteiger partial charge in [-0.2, -0.15) is 0 Å². The molecule has 0 saturated heterocycles. The molecule has 2 aromatic carbocycles. The molecular formula is C23H30N2Si. The molecule has 2 nitrogen and oxygen atoms in total. The van der Waals surface area contributed by atoms with Crippen LogP contribution in [0.3, 0.4) is 0 Å². The fourth-order valence-corrected chi connectivity index (χ4v) is 9.22. The van der Waals surface area contributed by atoms with E-state index in [2.05, 4.69) is 99.9 Å². The highest BCUT2D eigenvalue weighted by Gasteiger charge is 2.45. The van der Waals surface area contributed by atoms with Crippen molar-refractivity contribution in [2.45, 2.75) is 51.9 Å². The number of rotatable bonds is 2. The van der Waals surface area contributed by atoms with E-state index < -0.39 is 8.24 Å². The second kappa shape index (κ2) is 5.58. The van der Waals surface area contributed by atoms with Crippen molar-refractivity contribution in [2.24, 2.45) is 7.05 Å². The van der Waals surface area contributed by atoms with Crippen LogP contribution < -0.4 is 4.98 Å². The number of nitrogens with zero attached hydrogens (tertiary/aromatic N) is 1. The second-order valence-electron chi connectivity index (χ2n) is 9.46. The van der Waals surface area contributed by atoms with E-state index in [0.29, 0.717) is 5.54 Å². The van der Waals surface area contributed by atoms with E-state index >= 15 is 0 Å². The summed E-state index contributed by atoms with van der Waals surface area (Å²) in [6.45, 7) is 14.0. The van der Waals surface area contributed by atoms with Gasteiger partial charge >= 0.3 is 0 Å². The summed E-state index contributed by atoms with van der Waals surface area (Å²) >= 11 is 0. The van der Waals surface area contributed by atoms with Gasteiger partial charge in [0, 0.05) is 40.3 Å². The minimum absolute atomic E-state index is 0.120. The van der Waals surface area contributed by atoms with Crippen molar-refractivity contribution in [3.63, 3.8) is 0 Å². The largest absolute Gasteiger partial charge is 0.347 e. The Labute approximate surface area is 158 Å². The number of nitrogens with one attached hydrogen (secondary N) is 1. The lowest BCUT2D eigenvalue weighted by atomic mass is 10.0. The maximum absolute atomic E-state index is 4.03. The topological polar surface area (TPSA) is 17.0 Å². The van der Waals surface area contributed by atoms with E-state index in [-0.39, 0.29) is 5.54 Å². The standard InChI is InChI=1S/C23H30N2Si/c1-15-12-13-19-18(14-15)20-16-10-8-9-11-17(16)22(21(20)25(19)5)26(6,7)24-23(2,3)4/h8-14,22,24H,1-7H3. The SMILES string of the molecule is Cc1ccc2c(c1)c1c(n2C)C([Si](C)(C)NC(C)(C)C)c2ccccc2-1. The Morgan fingerprint density at radius 1 is 1.04 bits per heavy atom. The molecule has 0 spiro atoms. The smallest absolute Gasteiger partial charge is 0.133 e. The monoisotopic (exact) mass is 362 g/mol. The molecule has 3 aromatic rings. The summed E-state index contributed by atoms with van der Waals surface area (Å²) in [5.74, 6) is 0. The van der Waals surface area contributed by atoms with Crippen molar-refractivity contribution in [1.82, 2.24) is 9.55 Å². The molecule has 1 aromatic heterocycles. The highest BCUT2D eigenvalue weighted by molar-refractivity contribution is 6.77. The molecule has 1 aliphatic carbocycles. The van der Waals surface area contributed by atoms with Gasteiger partial charge in [-0.05, 0) is 51.0 Å². The van der Waals surface area contributed by atoms with E-state index in [1.54, 1.807) is 0 Å². The zero-order valence-corrected chi connectivity index (χ0v) is 18.1. The molecule has 26 heavy (non-hydrogen) atoms. The average molecular weight is 363 g/mol. The van der Waals surface area contributed by atoms with Crippen LogP contribution in [0.5, 0.6) is 0 Å². The van der Waals surface area contributed by atoms with E-state index in [9.17, 15) is 0 Å². The predicted molar refractivity (Wildman–Crippen MR) is 115 cm³/mol. The minimum atomic E-state index is -1.79. The van der Waals surface area contributed by atoms with Crippen LogP contribution in [0.2, 0.25) is 13.1 Å². The second-order valence-corrected chi connectivity index (χ2v) is 13.7. The third kappa shape index (κ3) is 2.57. The molecule has 0 fully saturated rings. The molecule has 0 bridgehead atoms. The molecule has 1 N–H and O–H groups in total. The van der Waals surface area contributed by atoms with Gasteiger partial charge in [0.2, 0.25) is 0 Å². The van der Waals surface area contributed by atoms with Crippen LogP contribution in [0.1, 0.15) is 43.1 Å². The lowest BCUT2D eigenvalue weighted by Gasteiger charge is -2.38. The van der Waals surface area contributed by atoms with Crippen molar-refractivity contribution < 1.29 is 0 Å². The molecule has 0 amide bonds. The number of hydrogen-bond acceptors (Lipinski definition) is 1. The zero-order chi connectivity index (χ0) is 18.9. The molecule has 1 atom stereocenters. The molecular weight excluding hydrogens is 332 g/mol. The molecule has 0 saturated carbocycles. The Bertz CT molecular complexity index is 1000. The number of fused-ring (bicyclic) bond motifs is 5. The van der Waals surface area contributed by atoms with E-state index in [1.165, 1.54) is 38.9 Å². The van der Waals surface area contributed by atoms with Crippen molar-refractivity contribution in [1.29, 1.82) is 0 Å². The molecule has 1 heterocycles. The number of aromatic nitrogens is 1. The van der Waals surface area contributed by atoms with Crippen molar-refractivity contribution >= 4 is 19.1 Å². The minimum Gasteiger partial charge on any atom is -0.347 e. The molecule has 3 heteroatoms. The summed E-state index contributed by atoms with van der Waals surface area (Å²) in [4.78, 5) is 4.03. The first-order chi connectivity index (χ1) is 12.1. The quantitative estimate of drug-likeness (QED) is 0.576. The van der Waals surface area contributed by atoms with Crippen LogP contribution in [0, 0.1) is 6.92 Å². The van der Waals surface area contributed by atoms with Crippen LogP contribution in [0.4, 0.5) is 0 Å². The number of aryl methyl sites for hydroxylation is 2. The highest BCUT2D eigenvalue weighted by Crippen LogP contribution is 2.52. The van der Waals surface area contributed by atoms with Gasteiger partial charge in [0.05, 0.1) is 0 Å². The third-order valence-corrected chi connectivity index (χ3v) is 9.06. The van der Waals surface area contributed by atoms with Crippen LogP contribution in [-0.2, 0) is 7.05 Å². The van der Waals surface area contributed by atoms with Crippen LogP contribution in [-0.4, -0.2) is 18.3 Å². The van der Waals surface area contributed by atoms with Gasteiger partial charge in [0.1, 0.15) is 8.24 Å². The number of hydrogen-bond donors (Lipinski definition) is 1. The molecule has 0 radical (unpaired) electrons. The first-order valence-corrected chi connectivity index (χ1v) is 12.7. The van der Waals surface area contributed by atoms with E-state index in [1.807, 2.05) is 0 Å². The van der Waals surface area contributed by atoms with Gasteiger partial charge in [0.25, 0.3) is 0 Å². The summed E-state index contributed by atoms with van der Waals surface area (Å²) < 4.78 is 2.45. The zero-order valence-electron chi connectivity index (χ0n) is 17.1. The van der Waals surface area contributed by atoms with Gasteiger partial charge in [-0.25, -0.2) is 0 Å². The summed E-state index contributed by atoms with van der Waals surface area (Å²) in [7, 11) is 0.460. The lowest BCUT2D eigenvalue weighted by Crippen LogP contribution is -2.58. The Balaban J connectivity index is 2.04. The van der Waals surface area contributed by atoms with Crippen molar-refractivity contribution in [3.8, 4) is 11.1 Å². The maximum atomic E-state index is 4.03. The lowest BCUT2D eigenvalue weighted by molar-refractivity contribution is 0.508. The third-order valence-electron chi connectivity index (χ3n) is 5.63. The summed E-state index contributed by atoms with van der Waals surface area (Å²) in [5.41, 5.74) is 9.16. The Hall–Kier alpha value is -1.84. The van der Waals surface area contributed by atoms with E-state index in [0.717, 1.165) is 0 Å². The summed E-state index contributed by atoms with van der Waals surface area (Å²) in [5, 5.41) is 1.40. The molecule has 4 rings (SSSR count). The predicted octanol–water partition coefficient (Wildman–Crippen LogP) is 5.73. The fraction of sp³-hybridized carbons (Fsp3) is 0.391. The Kier molecular flexibility index (Phi) is 3.77. The van der Waals surface area contributed by atoms with Gasteiger partial charge in [-0.3, -0.25) is 0 Å². The van der Waals surface area contributed by atoms with Crippen molar-refractivity contribution in [3.05, 3.63) is 59.3 Å². The summed E-state index contributed by atoms with van der Waals surface area (Å²) in [6, 6.07) is 15.9.